The van der Waals surface area contributed by atoms with E-state index >= 15 is 0 Å². The van der Waals surface area contributed by atoms with Gasteiger partial charge in [0.1, 0.15) is 5.75 Å². The molecule has 0 spiro atoms. The van der Waals surface area contributed by atoms with Crippen LogP contribution in [-0.2, 0) is 0 Å². The van der Waals surface area contributed by atoms with E-state index in [2.05, 4.69) is 0 Å². The van der Waals surface area contributed by atoms with Gasteiger partial charge in [-0.3, -0.25) is 4.79 Å². The van der Waals surface area contributed by atoms with Gasteiger partial charge in [0.15, 0.2) is 6.29 Å². The molecule has 0 heterocycles. The molecule has 16 heavy (non-hydrogen) atoms. The van der Waals surface area contributed by atoms with Gasteiger partial charge in [0.05, 0.1) is 5.56 Å². The lowest BCUT2D eigenvalue weighted by Gasteiger charge is -2.21. The first kappa shape index (κ1) is 12.6. The van der Waals surface area contributed by atoms with Crippen LogP contribution >= 0.6 is 12.2 Å². The van der Waals surface area contributed by atoms with Gasteiger partial charge in [-0.25, -0.2) is 0 Å². The summed E-state index contributed by atoms with van der Waals surface area (Å²) in [5.74, 6) is 0.509. The second kappa shape index (κ2) is 6.23. The van der Waals surface area contributed by atoms with Crippen LogP contribution < -0.4 is 4.74 Å². The second-order valence-electron chi connectivity index (χ2n) is 3.20. The molecule has 0 bridgehead atoms. The number of rotatable bonds is 4. The van der Waals surface area contributed by atoms with Crippen molar-refractivity contribution in [1.82, 2.24) is 4.90 Å². The third kappa shape index (κ3) is 3.03. The first-order chi connectivity index (χ1) is 7.72. The molecule has 86 valence electrons. The summed E-state index contributed by atoms with van der Waals surface area (Å²) in [7, 11) is 0. The molecule has 0 atom stereocenters. The molecule has 4 heteroatoms. The molecule has 1 aromatic rings. The maximum atomic E-state index is 10.8. The highest BCUT2D eigenvalue weighted by atomic mass is 32.1. The largest absolute Gasteiger partial charge is 0.431 e. The molecule has 0 unspecified atom stereocenters. The molecule has 0 saturated carbocycles. The zero-order valence-electron chi connectivity index (χ0n) is 9.47. The highest BCUT2D eigenvalue weighted by molar-refractivity contribution is 7.80. The normalized spacial score (nSPS) is 9.62. The predicted octanol–water partition coefficient (Wildman–Crippen LogP) is 2.50. The van der Waals surface area contributed by atoms with Crippen LogP contribution in [0.5, 0.6) is 5.75 Å². The van der Waals surface area contributed by atoms with Gasteiger partial charge in [-0.1, -0.05) is 12.1 Å². The average Bonchev–Trinajstić information content (AvgIpc) is 2.31. The minimum Gasteiger partial charge on any atom is -0.431 e. The molecule has 1 aromatic carbocycles. The van der Waals surface area contributed by atoms with E-state index in [4.69, 9.17) is 17.0 Å². The Hall–Kier alpha value is -1.42. The van der Waals surface area contributed by atoms with Crippen LogP contribution in [0.4, 0.5) is 0 Å². The van der Waals surface area contributed by atoms with E-state index in [1.807, 2.05) is 24.8 Å². The highest BCUT2D eigenvalue weighted by Crippen LogP contribution is 2.16. The number of ether oxygens (including phenoxy) is 1. The second-order valence-corrected chi connectivity index (χ2v) is 3.55. The highest BCUT2D eigenvalue weighted by Gasteiger charge is 2.09. The standard InChI is InChI=1S/C12H15NO2S/c1-3-13(4-2)12(16)15-11-8-6-5-7-10(11)9-14/h5-9H,3-4H2,1-2H3. The average molecular weight is 237 g/mol. The van der Waals surface area contributed by atoms with Gasteiger partial charge in [0.25, 0.3) is 5.17 Å². The Kier molecular flexibility index (Phi) is 4.92. The van der Waals surface area contributed by atoms with E-state index in [9.17, 15) is 4.79 Å². The zero-order valence-corrected chi connectivity index (χ0v) is 10.3. The van der Waals surface area contributed by atoms with Crippen molar-refractivity contribution in [1.29, 1.82) is 0 Å². The molecule has 0 aliphatic rings. The predicted molar refractivity (Wildman–Crippen MR) is 68.0 cm³/mol. The van der Waals surface area contributed by atoms with Gasteiger partial charge in [-0.2, -0.15) is 0 Å². The lowest BCUT2D eigenvalue weighted by Crippen LogP contribution is -2.33. The SMILES string of the molecule is CCN(CC)C(=S)Oc1ccccc1C=O. The van der Waals surface area contributed by atoms with Crippen LogP contribution in [0, 0.1) is 0 Å². The number of benzene rings is 1. The van der Waals surface area contributed by atoms with E-state index in [-0.39, 0.29) is 0 Å². The molecule has 0 N–H and O–H groups in total. The molecule has 0 aliphatic carbocycles. The fourth-order valence-corrected chi connectivity index (χ4v) is 1.66. The number of carbonyl (C=O) groups excluding carboxylic acids is 1. The van der Waals surface area contributed by atoms with Crippen LogP contribution in [0.2, 0.25) is 0 Å². The van der Waals surface area contributed by atoms with Crippen molar-refractivity contribution in [3.8, 4) is 5.75 Å². The van der Waals surface area contributed by atoms with Gasteiger partial charge in [0, 0.05) is 13.1 Å². The number of thiocarbonyl (C=S) groups is 1. The molecule has 0 saturated heterocycles. The van der Waals surface area contributed by atoms with E-state index in [1.165, 1.54) is 0 Å². The Morgan fingerprint density at radius 1 is 1.38 bits per heavy atom. The van der Waals surface area contributed by atoms with E-state index in [0.717, 1.165) is 19.4 Å². The molecule has 0 fully saturated rings. The maximum absolute atomic E-state index is 10.8. The molecular weight excluding hydrogens is 222 g/mol. The summed E-state index contributed by atoms with van der Waals surface area (Å²) in [6, 6.07) is 7.04. The molecule has 0 aliphatic heterocycles. The Labute approximate surface area is 101 Å². The maximum Gasteiger partial charge on any atom is 0.264 e. The monoisotopic (exact) mass is 237 g/mol. The lowest BCUT2D eigenvalue weighted by atomic mass is 10.2. The fourth-order valence-electron chi connectivity index (χ4n) is 1.31. The van der Waals surface area contributed by atoms with Gasteiger partial charge in [-0.05, 0) is 38.2 Å². The van der Waals surface area contributed by atoms with Gasteiger partial charge in [0.2, 0.25) is 0 Å². The van der Waals surface area contributed by atoms with Crippen molar-refractivity contribution in [2.75, 3.05) is 13.1 Å². The molecule has 1 rings (SSSR count). The Morgan fingerprint density at radius 2 is 2.00 bits per heavy atom. The van der Waals surface area contributed by atoms with E-state index < -0.39 is 0 Å². The van der Waals surface area contributed by atoms with Gasteiger partial charge in [-0.15, -0.1) is 0 Å². The minimum atomic E-state index is 0.402. The zero-order chi connectivity index (χ0) is 12.0. The van der Waals surface area contributed by atoms with E-state index in [1.54, 1.807) is 18.2 Å². The van der Waals surface area contributed by atoms with Crippen molar-refractivity contribution >= 4 is 23.7 Å². The summed E-state index contributed by atoms with van der Waals surface area (Å²) < 4.78 is 5.51. The summed E-state index contributed by atoms with van der Waals surface area (Å²) in [5, 5.41) is 0.402. The number of hydrogen-bond acceptors (Lipinski definition) is 3. The van der Waals surface area contributed by atoms with Crippen LogP contribution in [0.25, 0.3) is 0 Å². The lowest BCUT2D eigenvalue weighted by molar-refractivity contribution is 0.112. The summed E-state index contributed by atoms with van der Waals surface area (Å²) in [6.07, 6.45) is 0.764. The third-order valence-electron chi connectivity index (χ3n) is 2.26. The Morgan fingerprint density at radius 3 is 2.56 bits per heavy atom. The third-order valence-corrected chi connectivity index (χ3v) is 2.61. The number of nitrogens with zero attached hydrogens (tertiary/aromatic N) is 1. The van der Waals surface area contributed by atoms with Crippen molar-refractivity contribution in [3.63, 3.8) is 0 Å². The van der Waals surface area contributed by atoms with Crippen molar-refractivity contribution in [2.45, 2.75) is 13.8 Å². The van der Waals surface area contributed by atoms with Gasteiger partial charge < -0.3 is 9.64 Å². The van der Waals surface area contributed by atoms with Gasteiger partial charge >= 0.3 is 0 Å². The first-order valence-corrected chi connectivity index (χ1v) is 5.64. The molecule has 0 radical (unpaired) electrons. The summed E-state index contributed by atoms with van der Waals surface area (Å²) in [6.45, 7) is 5.59. The quantitative estimate of drug-likeness (QED) is 0.594. The topological polar surface area (TPSA) is 29.5 Å². The fraction of sp³-hybridized carbons (Fsp3) is 0.333. The summed E-state index contributed by atoms with van der Waals surface area (Å²) >= 11 is 5.15. The van der Waals surface area contributed by atoms with Crippen molar-refractivity contribution in [2.24, 2.45) is 0 Å². The minimum absolute atomic E-state index is 0.402. The molecule has 0 amide bonds. The Balaban J connectivity index is 2.80. The summed E-state index contributed by atoms with van der Waals surface area (Å²) in [5.41, 5.74) is 0.511. The Bertz CT molecular complexity index is 375. The van der Waals surface area contributed by atoms with Crippen LogP contribution in [0.15, 0.2) is 24.3 Å². The summed E-state index contributed by atoms with van der Waals surface area (Å²) in [4.78, 5) is 12.7. The van der Waals surface area contributed by atoms with Crippen LogP contribution in [-0.4, -0.2) is 29.5 Å². The molecule has 0 aromatic heterocycles. The first-order valence-electron chi connectivity index (χ1n) is 5.23. The number of carbonyl (C=O) groups is 1. The van der Waals surface area contributed by atoms with Crippen LogP contribution in [0.3, 0.4) is 0 Å². The number of hydrogen-bond donors (Lipinski definition) is 0. The van der Waals surface area contributed by atoms with Crippen molar-refractivity contribution in [3.05, 3.63) is 29.8 Å². The van der Waals surface area contributed by atoms with Crippen LogP contribution in [0.1, 0.15) is 24.2 Å². The number of para-hydroxylation sites is 1. The van der Waals surface area contributed by atoms with Crippen molar-refractivity contribution < 1.29 is 9.53 Å². The smallest absolute Gasteiger partial charge is 0.264 e. The van der Waals surface area contributed by atoms with E-state index in [0.29, 0.717) is 16.5 Å². The number of aldehydes is 1. The molecular formula is C12H15NO2S. The molecule has 3 nitrogen and oxygen atoms in total.